The molecule has 2 N–H and O–H groups in total. The lowest BCUT2D eigenvalue weighted by atomic mass is 9.94. The van der Waals surface area contributed by atoms with Crippen molar-refractivity contribution in [2.45, 2.75) is 12.0 Å². The topological polar surface area (TPSA) is 83.4 Å². The first kappa shape index (κ1) is 25.8. The Morgan fingerprint density at radius 3 is 2.50 bits per heavy atom. The van der Waals surface area contributed by atoms with Crippen LogP contribution in [0.3, 0.4) is 0 Å². The van der Waals surface area contributed by atoms with Crippen LogP contribution in [0.25, 0.3) is 5.69 Å². The van der Waals surface area contributed by atoms with Crippen LogP contribution in [-0.4, -0.2) is 47.0 Å². The lowest BCUT2D eigenvalue weighted by Crippen LogP contribution is -2.40. The quantitative estimate of drug-likeness (QED) is 0.354. The van der Waals surface area contributed by atoms with Gasteiger partial charge in [0.15, 0.2) is 0 Å². The number of carbonyl (C=O) groups excluding carboxylic acids is 2. The molecule has 1 fully saturated rings. The number of halogens is 2. The fourth-order valence-corrected chi connectivity index (χ4v) is 5.61. The minimum Gasteiger partial charge on any atom is -0.347 e. The van der Waals surface area contributed by atoms with E-state index in [0.717, 1.165) is 5.56 Å². The zero-order chi connectivity index (χ0) is 26.6. The van der Waals surface area contributed by atoms with Crippen molar-refractivity contribution in [3.63, 3.8) is 0 Å². The molecule has 10 heteroatoms. The average molecular weight is 551 g/mol. The molecule has 0 radical (unpaired) electrons. The molecule has 1 aliphatic heterocycles. The monoisotopic (exact) mass is 550 g/mol. The van der Waals surface area contributed by atoms with Crippen LogP contribution >= 0.6 is 22.9 Å². The Morgan fingerprint density at radius 2 is 1.79 bits per heavy atom. The SMILES string of the molecule is O=C(CN1CC(NC(=O)c2ccc(Cl)s2)C(c2ccccc2)C1)Nc1ccc(-n2ccccc2=O)cc1F. The summed E-state index contributed by atoms with van der Waals surface area (Å²) in [6.45, 7) is 1.03. The van der Waals surface area contributed by atoms with Crippen LogP contribution in [0.15, 0.2) is 89.9 Å². The highest BCUT2D eigenvalue weighted by Gasteiger charge is 2.36. The van der Waals surface area contributed by atoms with Gasteiger partial charge >= 0.3 is 0 Å². The maximum atomic E-state index is 14.8. The summed E-state index contributed by atoms with van der Waals surface area (Å²) in [5.74, 6) is -1.25. The van der Waals surface area contributed by atoms with Crippen molar-refractivity contribution in [2.75, 3.05) is 25.0 Å². The molecule has 0 bridgehead atoms. The summed E-state index contributed by atoms with van der Waals surface area (Å²) >= 11 is 7.21. The van der Waals surface area contributed by atoms with Gasteiger partial charge in [0, 0.05) is 43.4 Å². The van der Waals surface area contributed by atoms with E-state index in [9.17, 15) is 18.8 Å². The number of hydrogen-bond donors (Lipinski definition) is 2. The van der Waals surface area contributed by atoms with Crippen LogP contribution in [0.1, 0.15) is 21.2 Å². The largest absolute Gasteiger partial charge is 0.347 e. The number of pyridine rings is 1. The van der Waals surface area contributed by atoms with E-state index in [1.807, 2.05) is 35.2 Å². The van der Waals surface area contributed by atoms with Gasteiger partial charge in [-0.05, 0) is 35.9 Å². The number of nitrogens with one attached hydrogen (secondary N) is 2. The van der Waals surface area contributed by atoms with Gasteiger partial charge in [-0.3, -0.25) is 23.9 Å². The fourth-order valence-electron chi connectivity index (χ4n) is 4.66. The second-order valence-electron chi connectivity index (χ2n) is 9.02. The van der Waals surface area contributed by atoms with Crippen LogP contribution in [0.2, 0.25) is 4.34 Å². The molecule has 4 aromatic rings. The molecule has 2 atom stereocenters. The Morgan fingerprint density at radius 1 is 1.00 bits per heavy atom. The predicted molar refractivity (Wildman–Crippen MR) is 147 cm³/mol. The number of aromatic nitrogens is 1. The summed E-state index contributed by atoms with van der Waals surface area (Å²) in [4.78, 5) is 40.2. The number of carbonyl (C=O) groups is 2. The van der Waals surface area contributed by atoms with Crippen molar-refractivity contribution in [1.82, 2.24) is 14.8 Å². The molecule has 2 amide bonds. The Kier molecular flexibility index (Phi) is 7.69. The van der Waals surface area contributed by atoms with E-state index < -0.39 is 5.82 Å². The van der Waals surface area contributed by atoms with Crippen molar-refractivity contribution in [3.8, 4) is 5.69 Å². The van der Waals surface area contributed by atoms with E-state index in [2.05, 4.69) is 10.6 Å². The first-order valence-corrected chi connectivity index (χ1v) is 13.2. The second-order valence-corrected chi connectivity index (χ2v) is 10.7. The molecular formula is C28H24ClFN4O3S. The minimum absolute atomic E-state index is 0.0245. The minimum atomic E-state index is -0.644. The number of hydrogen-bond acceptors (Lipinski definition) is 5. The molecule has 0 aliphatic carbocycles. The van der Waals surface area contributed by atoms with Crippen LogP contribution in [0, 0.1) is 5.82 Å². The van der Waals surface area contributed by atoms with Crippen molar-refractivity contribution in [3.05, 3.63) is 116 Å². The van der Waals surface area contributed by atoms with E-state index in [4.69, 9.17) is 11.6 Å². The lowest BCUT2D eigenvalue weighted by molar-refractivity contribution is -0.117. The molecule has 5 rings (SSSR count). The molecule has 1 aliphatic rings. The van der Waals surface area contributed by atoms with Gasteiger partial charge in [0.25, 0.3) is 11.5 Å². The lowest BCUT2D eigenvalue weighted by Gasteiger charge is -2.20. The van der Waals surface area contributed by atoms with Gasteiger partial charge in [-0.1, -0.05) is 48.0 Å². The molecule has 2 unspecified atom stereocenters. The molecular weight excluding hydrogens is 527 g/mol. The molecule has 0 spiro atoms. The van der Waals surface area contributed by atoms with E-state index >= 15 is 0 Å². The Labute approximate surface area is 227 Å². The summed E-state index contributed by atoms with van der Waals surface area (Å²) in [6, 6.07) is 21.9. The molecule has 2 aromatic heterocycles. The van der Waals surface area contributed by atoms with Crippen molar-refractivity contribution in [1.29, 1.82) is 0 Å². The summed E-state index contributed by atoms with van der Waals surface area (Å²) in [7, 11) is 0. The van der Waals surface area contributed by atoms with Crippen LogP contribution in [-0.2, 0) is 4.79 Å². The van der Waals surface area contributed by atoms with Gasteiger partial charge in [0.1, 0.15) is 5.82 Å². The highest BCUT2D eigenvalue weighted by molar-refractivity contribution is 7.18. The molecule has 2 aromatic carbocycles. The van der Waals surface area contributed by atoms with Gasteiger partial charge < -0.3 is 10.6 Å². The molecule has 3 heterocycles. The maximum absolute atomic E-state index is 14.8. The number of thiophene rings is 1. The first-order chi connectivity index (χ1) is 18.4. The zero-order valence-corrected chi connectivity index (χ0v) is 21.7. The van der Waals surface area contributed by atoms with Gasteiger partial charge in [-0.2, -0.15) is 0 Å². The van der Waals surface area contributed by atoms with E-state index in [0.29, 0.717) is 28.0 Å². The zero-order valence-electron chi connectivity index (χ0n) is 20.1. The molecule has 38 heavy (non-hydrogen) atoms. The third-order valence-corrected chi connectivity index (χ3v) is 7.66. The van der Waals surface area contributed by atoms with Gasteiger partial charge in [-0.15, -0.1) is 11.3 Å². The Bertz CT molecular complexity index is 1520. The fraction of sp³-hybridized carbons (Fsp3) is 0.179. The summed E-state index contributed by atoms with van der Waals surface area (Å²) < 4.78 is 16.7. The number of likely N-dealkylation sites (tertiary alicyclic amines) is 1. The van der Waals surface area contributed by atoms with Crippen LogP contribution in [0.4, 0.5) is 10.1 Å². The smallest absolute Gasteiger partial charge is 0.261 e. The van der Waals surface area contributed by atoms with Gasteiger partial charge in [0.05, 0.1) is 27.1 Å². The number of benzene rings is 2. The number of amides is 2. The normalized spacial score (nSPS) is 17.3. The van der Waals surface area contributed by atoms with Gasteiger partial charge in [-0.25, -0.2) is 4.39 Å². The van der Waals surface area contributed by atoms with Gasteiger partial charge in [0.2, 0.25) is 5.91 Å². The Hall–Kier alpha value is -3.79. The van der Waals surface area contributed by atoms with E-state index in [1.54, 1.807) is 36.5 Å². The van der Waals surface area contributed by atoms with E-state index in [-0.39, 0.29) is 41.6 Å². The highest BCUT2D eigenvalue weighted by atomic mass is 35.5. The van der Waals surface area contributed by atoms with Crippen molar-refractivity contribution < 1.29 is 14.0 Å². The van der Waals surface area contributed by atoms with Crippen molar-refractivity contribution in [2.24, 2.45) is 0 Å². The second kappa shape index (κ2) is 11.3. The first-order valence-electron chi connectivity index (χ1n) is 12.0. The van der Waals surface area contributed by atoms with E-state index in [1.165, 1.54) is 34.1 Å². The third kappa shape index (κ3) is 5.85. The highest BCUT2D eigenvalue weighted by Crippen LogP contribution is 2.29. The van der Waals surface area contributed by atoms with Crippen LogP contribution < -0.4 is 16.2 Å². The number of nitrogens with zero attached hydrogens (tertiary/aromatic N) is 2. The average Bonchev–Trinajstić information content (AvgIpc) is 3.52. The maximum Gasteiger partial charge on any atom is 0.261 e. The Balaban J connectivity index is 1.26. The molecule has 0 saturated carbocycles. The molecule has 1 saturated heterocycles. The predicted octanol–water partition coefficient (Wildman–Crippen LogP) is 4.53. The molecule has 194 valence electrons. The summed E-state index contributed by atoms with van der Waals surface area (Å²) in [5, 5.41) is 5.72. The number of anilines is 1. The van der Waals surface area contributed by atoms with Crippen LogP contribution in [0.5, 0.6) is 0 Å². The number of rotatable bonds is 7. The molecule has 7 nitrogen and oxygen atoms in total. The van der Waals surface area contributed by atoms with Crippen molar-refractivity contribution >= 4 is 40.4 Å². The standard InChI is InChI=1S/C28H24ClFN4O3S/c29-25-12-11-24(38-25)28(37)32-23-16-33(15-20(23)18-6-2-1-3-7-18)17-26(35)31-22-10-9-19(14-21(22)30)34-13-5-4-8-27(34)36/h1-14,20,23H,15-17H2,(H,31,35)(H,32,37). The summed E-state index contributed by atoms with van der Waals surface area (Å²) in [5.41, 5.74) is 1.17. The summed E-state index contributed by atoms with van der Waals surface area (Å²) in [6.07, 6.45) is 1.55. The third-order valence-electron chi connectivity index (χ3n) is 6.43.